The van der Waals surface area contributed by atoms with Gasteiger partial charge >= 0.3 is 0 Å². The van der Waals surface area contributed by atoms with Crippen LogP contribution in [0, 0.1) is 0 Å². The number of unbranched alkanes of at least 4 members (excludes halogenated alkanes) is 12. The monoisotopic (exact) mass is 635 g/mol. The van der Waals surface area contributed by atoms with Gasteiger partial charge in [0.1, 0.15) is 0 Å². The first-order valence-electron chi connectivity index (χ1n) is 18.6. The van der Waals surface area contributed by atoms with Crippen LogP contribution in [0.4, 0.5) is 0 Å². The fourth-order valence-corrected chi connectivity index (χ4v) is 5.84. The summed E-state index contributed by atoms with van der Waals surface area (Å²) in [5.74, 6) is -0.0606. The molecule has 2 aromatic rings. The smallest absolute Gasteiger partial charge is 0.251 e. The molecule has 0 fully saturated rings. The maximum atomic E-state index is 12.6. The van der Waals surface area contributed by atoms with E-state index in [2.05, 4.69) is 48.4 Å². The molecule has 6 heteroatoms. The summed E-state index contributed by atoms with van der Waals surface area (Å²) in [7, 11) is 4.35. The normalized spacial score (nSPS) is 11.3. The van der Waals surface area contributed by atoms with Crippen LogP contribution in [0.5, 0.6) is 0 Å². The van der Waals surface area contributed by atoms with Gasteiger partial charge in [-0.05, 0) is 101 Å². The summed E-state index contributed by atoms with van der Waals surface area (Å²) in [6, 6.07) is 15.4. The Hall–Kier alpha value is -2.70. The van der Waals surface area contributed by atoms with Gasteiger partial charge in [0.05, 0.1) is 0 Å². The van der Waals surface area contributed by atoms with E-state index in [1.807, 2.05) is 48.5 Å². The second-order valence-corrected chi connectivity index (χ2v) is 13.2. The Balaban J connectivity index is 1.60. The summed E-state index contributed by atoms with van der Waals surface area (Å²) in [6.07, 6.45) is 20.6. The quantitative estimate of drug-likeness (QED) is 0.0963. The van der Waals surface area contributed by atoms with Crippen molar-refractivity contribution >= 4 is 11.8 Å². The van der Waals surface area contributed by atoms with E-state index < -0.39 is 0 Å². The molecular formula is C40H66N4O2. The molecule has 0 spiro atoms. The van der Waals surface area contributed by atoms with Gasteiger partial charge in [-0.2, -0.15) is 0 Å². The van der Waals surface area contributed by atoms with E-state index in [1.165, 1.54) is 89.9 Å². The lowest BCUT2D eigenvalue weighted by Gasteiger charge is -2.16. The maximum absolute atomic E-state index is 12.6. The highest BCUT2D eigenvalue weighted by Gasteiger charge is 2.09. The molecule has 2 amide bonds. The van der Waals surface area contributed by atoms with Crippen LogP contribution in [-0.2, 0) is 0 Å². The van der Waals surface area contributed by atoms with Gasteiger partial charge in [-0.3, -0.25) is 9.59 Å². The molecule has 0 aliphatic heterocycles. The maximum Gasteiger partial charge on any atom is 0.251 e. The predicted molar refractivity (Wildman–Crippen MR) is 197 cm³/mol. The summed E-state index contributed by atoms with van der Waals surface area (Å²) < 4.78 is 0. The van der Waals surface area contributed by atoms with Crippen LogP contribution < -0.4 is 10.6 Å². The molecule has 0 saturated heterocycles. The number of hydrogen-bond acceptors (Lipinski definition) is 4. The molecule has 0 radical (unpaired) electrons. The molecule has 0 aliphatic rings. The zero-order valence-corrected chi connectivity index (χ0v) is 29.9. The number of rotatable bonds is 27. The zero-order valence-electron chi connectivity index (χ0n) is 29.9. The van der Waals surface area contributed by atoms with E-state index in [1.54, 1.807) is 0 Å². The molecule has 0 unspecified atom stereocenters. The van der Waals surface area contributed by atoms with E-state index in [0.717, 1.165) is 50.1 Å². The van der Waals surface area contributed by atoms with Crippen LogP contribution in [0.3, 0.4) is 0 Å². The molecule has 2 rings (SSSR count). The lowest BCUT2D eigenvalue weighted by Crippen LogP contribution is -2.28. The van der Waals surface area contributed by atoms with Gasteiger partial charge < -0.3 is 20.4 Å². The summed E-state index contributed by atoms with van der Waals surface area (Å²) in [5.41, 5.74) is 3.40. The second kappa shape index (κ2) is 25.4. The van der Waals surface area contributed by atoms with Crippen LogP contribution in [0.25, 0.3) is 11.1 Å². The SMILES string of the molecule is CCCCCCCCCN(C)CCCNC(=O)c1ccc(-c2ccc(C(=O)NCCCN(C)CCCCCCCCC)cc2)cc1. The topological polar surface area (TPSA) is 64.7 Å². The highest BCUT2D eigenvalue weighted by atomic mass is 16.2. The van der Waals surface area contributed by atoms with Gasteiger partial charge in [0.15, 0.2) is 0 Å². The van der Waals surface area contributed by atoms with E-state index >= 15 is 0 Å². The average Bonchev–Trinajstić information content (AvgIpc) is 3.07. The third kappa shape index (κ3) is 17.9. The van der Waals surface area contributed by atoms with Crippen molar-refractivity contribution in [3.8, 4) is 11.1 Å². The van der Waals surface area contributed by atoms with Gasteiger partial charge in [0.25, 0.3) is 11.8 Å². The number of benzene rings is 2. The molecule has 0 atom stereocenters. The summed E-state index contributed by atoms with van der Waals surface area (Å²) in [6.45, 7) is 10.1. The number of carbonyl (C=O) groups excluding carboxylic acids is 2. The Morgan fingerprint density at radius 2 is 0.761 bits per heavy atom. The summed E-state index contributed by atoms with van der Waals surface area (Å²) in [4.78, 5) is 30.0. The summed E-state index contributed by atoms with van der Waals surface area (Å²) in [5, 5.41) is 6.13. The lowest BCUT2D eigenvalue weighted by molar-refractivity contribution is 0.0944. The molecule has 6 nitrogen and oxygen atoms in total. The first-order valence-corrected chi connectivity index (χ1v) is 18.6. The van der Waals surface area contributed by atoms with Crippen LogP contribution >= 0.6 is 0 Å². The first-order chi connectivity index (χ1) is 22.4. The van der Waals surface area contributed by atoms with E-state index in [9.17, 15) is 9.59 Å². The van der Waals surface area contributed by atoms with Crippen molar-refractivity contribution in [2.75, 3.05) is 53.4 Å². The van der Waals surface area contributed by atoms with Crippen LogP contribution in [0.2, 0.25) is 0 Å². The minimum Gasteiger partial charge on any atom is -0.352 e. The molecule has 0 bridgehead atoms. The fourth-order valence-electron chi connectivity index (χ4n) is 5.84. The zero-order chi connectivity index (χ0) is 33.2. The van der Waals surface area contributed by atoms with Crippen molar-refractivity contribution in [1.82, 2.24) is 20.4 Å². The fraction of sp³-hybridized carbons (Fsp3) is 0.650. The van der Waals surface area contributed by atoms with E-state index in [4.69, 9.17) is 0 Å². The predicted octanol–water partition coefficient (Wildman–Crippen LogP) is 8.96. The molecule has 0 aromatic heterocycles. The van der Waals surface area contributed by atoms with E-state index in [0.29, 0.717) is 24.2 Å². The molecule has 0 heterocycles. The Morgan fingerprint density at radius 1 is 0.457 bits per heavy atom. The van der Waals surface area contributed by atoms with Crippen molar-refractivity contribution in [3.05, 3.63) is 59.7 Å². The molecule has 258 valence electrons. The molecule has 46 heavy (non-hydrogen) atoms. The molecule has 0 saturated carbocycles. The van der Waals surface area contributed by atoms with Crippen LogP contribution in [0.15, 0.2) is 48.5 Å². The van der Waals surface area contributed by atoms with Gasteiger partial charge in [-0.25, -0.2) is 0 Å². The average molecular weight is 635 g/mol. The van der Waals surface area contributed by atoms with Crippen molar-refractivity contribution in [2.45, 2.75) is 117 Å². The third-order valence-corrected chi connectivity index (χ3v) is 8.92. The second-order valence-electron chi connectivity index (χ2n) is 13.2. The number of hydrogen-bond donors (Lipinski definition) is 2. The first kappa shape index (κ1) is 39.5. The largest absolute Gasteiger partial charge is 0.352 e. The van der Waals surface area contributed by atoms with Crippen molar-refractivity contribution in [2.24, 2.45) is 0 Å². The number of nitrogens with zero attached hydrogens (tertiary/aromatic N) is 2. The highest BCUT2D eigenvalue weighted by molar-refractivity contribution is 5.95. The van der Waals surface area contributed by atoms with Gasteiger partial charge in [0, 0.05) is 24.2 Å². The Labute approximate surface area is 282 Å². The Kier molecular flexibility index (Phi) is 21.8. The highest BCUT2D eigenvalue weighted by Crippen LogP contribution is 2.20. The van der Waals surface area contributed by atoms with Gasteiger partial charge in [0.2, 0.25) is 0 Å². The standard InChI is InChI=1S/C40H66N4O2/c1-5-7-9-11-13-15-17-31-43(3)33-19-29-41-39(45)37-25-21-35(22-26-37)36-23-27-38(28-24-36)40(46)42-30-20-34-44(4)32-18-16-14-12-10-8-6-2/h21-28H,5-20,29-34H2,1-4H3,(H,41,45)(H,42,46). The molecule has 2 aromatic carbocycles. The molecule has 0 aliphatic carbocycles. The van der Waals surface area contributed by atoms with Gasteiger partial charge in [-0.15, -0.1) is 0 Å². The Bertz CT molecular complexity index is 968. The van der Waals surface area contributed by atoms with Crippen molar-refractivity contribution in [1.29, 1.82) is 0 Å². The molecular weight excluding hydrogens is 568 g/mol. The number of nitrogens with one attached hydrogen (secondary N) is 2. The number of carbonyl (C=O) groups is 2. The molecule has 2 N–H and O–H groups in total. The third-order valence-electron chi connectivity index (χ3n) is 8.92. The van der Waals surface area contributed by atoms with Crippen LogP contribution in [0.1, 0.15) is 137 Å². The number of amides is 2. The van der Waals surface area contributed by atoms with Gasteiger partial charge in [-0.1, -0.05) is 115 Å². The van der Waals surface area contributed by atoms with Crippen molar-refractivity contribution in [3.63, 3.8) is 0 Å². The van der Waals surface area contributed by atoms with Crippen LogP contribution in [-0.4, -0.2) is 75.0 Å². The minimum atomic E-state index is -0.0303. The summed E-state index contributed by atoms with van der Waals surface area (Å²) >= 11 is 0. The lowest BCUT2D eigenvalue weighted by atomic mass is 10.0. The van der Waals surface area contributed by atoms with Crippen molar-refractivity contribution < 1.29 is 9.59 Å². The minimum absolute atomic E-state index is 0.0303. The van der Waals surface area contributed by atoms with E-state index in [-0.39, 0.29) is 11.8 Å². The Morgan fingerprint density at radius 3 is 1.11 bits per heavy atom.